The zero-order valence-electron chi connectivity index (χ0n) is 19.0. The highest BCUT2D eigenvalue weighted by Crippen LogP contribution is 2.66. The second-order valence-electron chi connectivity index (χ2n) is 10.9. The van der Waals surface area contributed by atoms with Gasteiger partial charge in [-0.15, -0.1) is 0 Å². The number of piperazine rings is 1. The van der Waals surface area contributed by atoms with E-state index in [2.05, 4.69) is 30.3 Å². The Hall–Kier alpha value is -2.18. The van der Waals surface area contributed by atoms with Crippen LogP contribution in [0, 0.1) is 17.3 Å². The highest BCUT2D eigenvalue weighted by Gasteiger charge is 2.61. The van der Waals surface area contributed by atoms with Crippen molar-refractivity contribution in [1.29, 1.82) is 0 Å². The molecule has 4 bridgehead atoms. The Morgan fingerprint density at radius 2 is 1.36 bits per heavy atom. The molecule has 1 saturated heterocycles. The summed E-state index contributed by atoms with van der Waals surface area (Å²) in [6, 6.07) is 19.5. The fraction of sp³-hybridized carbons (Fsp3) is 0.519. The van der Waals surface area contributed by atoms with Gasteiger partial charge in [0, 0.05) is 26.2 Å². The van der Waals surface area contributed by atoms with E-state index >= 15 is 0 Å². The summed E-state index contributed by atoms with van der Waals surface area (Å²) in [7, 11) is -3.51. The molecule has 1 aliphatic heterocycles. The lowest BCUT2D eigenvalue weighted by atomic mass is 9.42. The largest absolute Gasteiger partial charge is 0.340 e. The first-order valence-electron chi connectivity index (χ1n) is 12.3. The smallest absolute Gasteiger partial charge is 0.243 e. The molecule has 2 aromatic rings. The van der Waals surface area contributed by atoms with Crippen molar-refractivity contribution in [2.45, 2.75) is 48.8 Å². The minimum absolute atomic E-state index is 0.138. The minimum atomic E-state index is -3.51. The zero-order chi connectivity index (χ0) is 22.7. The molecule has 2 atom stereocenters. The van der Waals surface area contributed by atoms with Gasteiger partial charge in [-0.05, 0) is 73.5 Å². The van der Waals surface area contributed by atoms with E-state index in [1.807, 2.05) is 11.0 Å². The molecule has 5 fully saturated rings. The van der Waals surface area contributed by atoms with Gasteiger partial charge >= 0.3 is 0 Å². The Balaban J connectivity index is 1.21. The molecule has 0 aromatic heterocycles. The summed E-state index contributed by atoms with van der Waals surface area (Å²) in [6.07, 6.45) is 6.68. The van der Waals surface area contributed by atoms with Crippen molar-refractivity contribution >= 4 is 15.9 Å². The van der Waals surface area contributed by atoms with E-state index in [-0.39, 0.29) is 16.7 Å². The number of hydrogen-bond acceptors (Lipinski definition) is 3. The summed E-state index contributed by atoms with van der Waals surface area (Å²) in [4.78, 5) is 16.3. The maximum atomic E-state index is 14.0. The third-order valence-electron chi connectivity index (χ3n) is 8.81. The topological polar surface area (TPSA) is 57.7 Å². The second kappa shape index (κ2) is 7.67. The van der Waals surface area contributed by atoms with Gasteiger partial charge in [-0.2, -0.15) is 4.31 Å². The first-order valence-corrected chi connectivity index (χ1v) is 13.7. The fourth-order valence-electron chi connectivity index (χ4n) is 7.85. The van der Waals surface area contributed by atoms with Crippen LogP contribution in [0.2, 0.25) is 0 Å². The van der Waals surface area contributed by atoms with E-state index in [1.165, 1.54) is 29.1 Å². The zero-order valence-corrected chi connectivity index (χ0v) is 19.8. The number of amides is 1. The van der Waals surface area contributed by atoms with Crippen LogP contribution >= 0.6 is 0 Å². The standard InChI is InChI=1S/C27H32N2O3S/c30-25(28-11-13-29(14-12-28)33(31,32)24-9-5-2-6-10-24)27-18-21-15-22(19-27)17-26(16-21,20-27)23-7-3-1-4-8-23/h1-10,21-22H,11-20H2/t21-,22-,26?,27?/m0/s1. The number of carbonyl (C=O) groups excluding carboxylic acids is 1. The van der Waals surface area contributed by atoms with Crippen molar-refractivity contribution in [3.63, 3.8) is 0 Å². The SMILES string of the molecule is O=C(N1CCN(S(=O)(=O)c2ccccc2)CC1)C12C[C@H]3C[C@H](C1)CC(c1ccccc1)(C3)C2. The monoisotopic (exact) mass is 464 g/mol. The Kier molecular flexibility index (Phi) is 4.97. The number of carbonyl (C=O) groups is 1. The van der Waals surface area contributed by atoms with Crippen molar-refractivity contribution in [2.75, 3.05) is 26.2 Å². The van der Waals surface area contributed by atoms with Crippen LogP contribution in [0.1, 0.15) is 44.1 Å². The number of nitrogens with zero attached hydrogens (tertiary/aromatic N) is 2. The minimum Gasteiger partial charge on any atom is -0.340 e. The van der Waals surface area contributed by atoms with E-state index in [9.17, 15) is 13.2 Å². The molecule has 5 nitrogen and oxygen atoms in total. The average molecular weight is 465 g/mol. The van der Waals surface area contributed by atoms with E-state index in [4.69, 9.17) is 0 Å². The lowest BCUT2D eigenvalue weighted by Crippen LogP contribution is -2.61. The first-order chi connectivity index (χ1) is 15.9. The molecule has 174 valence electrons. The molecule has 0 unspecified atom stereocenters. The van der Waals surface area contributed by atoms with E-state index in [0.29, 0.717) is 42.9 Å². The summed E-state index contributed by atoms with van der Waals surface area (Å²) in [5, 5.41) is 0. The number of benzene rings is 2. The van der Waals surface area contributed by atoms with Crippen LogP contribution in [0.25, 0.3) is 0 Å². The fourth-order valence-corrected chi connectivity index (χ4v) is 9.29. The van der Waals surface area contributed by atoms with Gasteiger partial charge in [0.05, 0.1) is 10.3 Å². The van der Waals surface area contributed by atoms with E-state index < -0.39 is 10.0 Å². The summed E-state index contributed by atoms with van der Waals surface area (Å²) in [6.45, 7) is 1.71. The van der Waals surface area contributed by atoms with Gasteiger partial charge in [0.1, 0.15) is 0 Å². The second-order valence-corrected chi connectivity index (χ2v) is 12.8. The summed E-state index contributed by atoms with van der Waals surface area (Å²) in [5.74, 6) is 1.55. The van der Waals surface area contributed by atoms with Gasteiger partial charge < -0.3 is 4.90 Å². The van der Waals surface area contributed by atoms with Crippen LogP contribution in [0.15, 0.2) is 65.6 Å². The van der Waals surface area contributed by atoms with Crippen molar-refractivity contribution in [1.82, 2.24) is 9.21 Å². The first kappa shape index (κ1) is 21.4. The average Bonchev–Trinajstić information content (AvgIpc) is 2.84. The van der Waals surface area contributed by atoms with Crippen LogP contribution in [0.5, 0.6) is 0 Å². The van der Waals surface area contributed by atoms with Crippen molar-refractivity contribution in [3.8, 4) is 0 Å². The summed E-state index contributed by atoms with van der Waals surface area (Å²) in [5.41, 5.74) is 1.29. The Morgan fingerprint density at radius 3 is 1.97 bits per heavy atom. The maximum absolute atomic E-state index is 14.0. The Morgan fingerprint density at radius 1 is 0.788 bits per heavy atom. The molecule has 1 heterocycles. The van der Waals surface area contributed by atoms with Gasteiger partial charge in [0.2, 0.25) is 15.9 Å². The van der Waals surface area contributed by atoms with E-state index in [1.54, 1.807) is 24.3 Å². The van der Waals surface area contributed by atoms with Gasteiger partial charge in [-0.25, -0.2) is 8.42 Å². The van der Waals surface area contributed by atoms with Crippen LogP contribution in [0.4, 0.5) is 0 Å². The summed E-state index contributed by atoms with van der Waals surface area (Å²) >= 11 is 0. The van der Waals surface area contributed by atoms with Crippen molar-refractivity contribution in [3.05, 3.63) is 66.2 Å². The Labute approximate surface area is 196 Å². The van der Waals surface area contributed by atoms with Crippen LogP contribution in [0.3, 0.4) is 0 Å². The predicted octanol–water partition coefficient (Wildman–Crippen LogP) is 4.06. The molecule has 4 aliphatic carbocycles. The molecule has 0 radical (unpaired) electrons. The normalized spacial score (nSPS) is 33.9. The molecule has 2 aromatic carbocycles. The molecule has 7 rings (SSSR count). The highest BCUT2D eigenvalue weighted by atomic mass is 32.2. The molecule has 6 heteroatoms. The van der Waals surface area contributed by atoms with Crippen LogP contribution < -0.4 is 0 Å². The molecule has 33 heavy (non-hydrogen) atoms. The van der Waals surface area contributed by atoms with Gasteiger partial charge in [0.25, 0.3) is 0 Å². The van der Waals surface area contributed by atoms with Gasteiger partial charge in [0.15, 0.2) is 0 Å². The van der Waals surface area contributed by atoms with E-state index in [0.717, 1.165) is 19.3 Å². The van der Waals surface area contributed by atoms with Crippen molar-refractivity contribution in [2.24, 2.45) is 17.3 Å². The van der Waals surface area contributed by atoms with Gasteiger partial charge in [-0.3, -0.25) is 4.79 Å². The van der Waals surface area contributed by atoms with Crippen molar-refractivity contribution < 1.29 is 13.2 Å². The lowest BCUT2D eigenvalue weighted by molar-refractivity contribution is -0.161. The van der Waals surface area contributed by atoms with Crippen LogP contribution in [-0.2, 0) is 20.2 Å². The van der Waals surface area contributed by atoms with Gasteiger partial charge in [-0.1, -0.05) is 48.5 Å². The third-order valence-corrected chi connectivity index (χ3v) is 10.7. The lowest BCUT2D eigenvalue weighted by Gasteiger charge is -2.62. The molecule has 4 saturated carbocycles. The quantitative estimate of drug-likeness (QED) is 0.686. The third kappa shape index (κ3) is 3.45. The number of sulfonamides is 1. The molecule has 0 N–H and O–H groups in total. The molecular weight excluding hydrogens is 432 g/mol. The number of rotatable bonds is 4. The highest BCUT2D eigenvalue weighted by molar-refractivity contribution is 7.89. The molecule has 1 amide bonds. The predicted molar refractivity (Wildman–Crippen MR) is 127 cm³/mol. The molecule has 0 spiro atoms. The number of hydrogen-bond donors (Lipinski definition) is 0. The molecular formula is C27H32N2O3S. The molecule has 5 aliphatic rings. The van der Waals surface area contributed by atoms with Crippen LogP contribution in [-0.4, -0.2) is 49.7 Å². The summed E-state index contributed by atoms with van der Waals surface area (Å²) < 4.78 is 27.6. The maximum Gasteiger partial charge on any atom is 0.243 e. The Bertz CT molecular complexity index is 1130.